The van der Waals surface area contributed by atoms with Gasteiger partial charge in [-0.25, -0.2) is 13.1 Å². The van der Waals surface area contributed by atoms with Crippen molar-refractivity contribution >= 4 is 32.7 Å². The molecule has 0 spiro atoms. The number of fused-ring (bicyclic) bond motifs is 9. The Kier molecular flexibility index (Phi) is 7.85. The highest BCUT2D eigenvalue weighted by atomic mass is 32.2. The van der Waals surface area contributed by atoms with Crippen LogP contribution in [0, 0.1) is 5.41 Å². The van der Waals surface area contributed by atoms with Crippen LogP contribution in [0.15, 0.2) is 66.7 Å². The van der Waals surface area contributed by atoms with Crippen LogP contribution in [0.2, 0.25) is 0 Å². The van der Waals surface area contributed by atoms with E-state index >= 15 is 4.79 Å². The van der Waals surface area contributed by atoms with Gasteiger partial charge in [0, 0.05) is 66.2 Å². The molecule has 2 amide bonds. The minimum absolute atomic E-state index is 0.0649. The molecule has 7 aliphatic rings. The van der Waals surface area contributed by atoms with Gasteiger partial charge in [0.05, 0.1) is 23.5 Å². The zero-order chi connectivity index (χ0) is 36.1. The first-order chi connectivity index (χ1) is 25.7. The topological polar surface area (TPSA) is 101 Å². The molecule has 5 heterocycles. The maximum atomic E-state index is 15.2. The molecule has 1 aromatic heterocycles. The summed E-state index contributed by atoms with van der Waals surface area (Å²) in [5.41, 5.74) is 6.73. The maximum absolute atomic E-state index is 15.2. The number of methoxy groups -OCH3 is 1. The smallest absolute Gasteiger partial charge is 0.264 e. The number of carbonyl (C=O) groups is 2. The van der Waals surface area contributed by atoms with E-state index in [0.717, 1.165) is 79.6 Å². The normalized spacial score (nSPS) is 26.7. The van der Waals surface area contributed by atoms with Crippen LogP contribution >= 0.6 is 0 Å². The minimum atomic E-state index is -3.74. The standard InChI is InChI=1S/C43H48N4O5S/c1-52-32-16-18-34-36(21-32)37-22-43(37,42(49)47-30-20-31(47)25-45(24-30)23-27-9-4-2-5-10-27)26-46-38-19-29(41(48)44-53(50,51)33-13-8-14-33)15-17-35(38)39(40(34)46)28-11-6-3-7-12-28/h2,4-5,9-10,15-19,21,28,30-31,33,37H,3,6-8,11-14,20,22-26H2,1H3,(H,44,48). The molecule has 276 valence electrons. The molecule has 4 aliphatic heterocycles. The highest BCUT2D eigenvalue weighted by Gasteiger charge is 2.66. The van der Waals surface area contributed by atoms with Gasteiger partial charge in [-0.05, 0) is 91.5 Å². The Hall–Kier alpha value is -4.15. The Balaban J connectivity index is 1.06. The summed E-state index contributed by atoms with van der Waals surface area (Å²) in [5.74, 6) is 0.893. The molecule has 0 radical (unpaired) electrons. The molecule has 53 heavy (non-hydrogen) atoms. The molecule has 4 aromatic rings. The van der Waals surface area contributed by atoms with Crippen molar-refractivity contribution < 1.29 is 22.7 Å². The second kappa shape index (κ2) is 12.4. The van der Waals surface area contributed by atoms with E-state index in [4.69, 9.17) is 4.74 Å². The van der Waals surface area contributed by atoms with Crippen LogP contribution in [0.25, 0.3) is 22.2 Å². The molecule has 11 rings (SSSR count). The third-order valence-corrected chi connectivity index (χ3v) is 15.5. The van der Waals surface area contributed by atoms with E-state index in [1.165, 1.54) is 36.0 Å². The van der Waals surface area contributed by atoms with Crippen molar-refractivity contribution in [3.8, 4) is 17.0 Å². The number of amides is 2. The number of nitrogens with one attached hydrogen (secondary N) is 1. The second-order valence-electron chi connectivity index (χ2n) is 16.7. The summed E-state index contributed by atoms with van der Waals surface area (Å²) < 4.78 is 36.5. The van der Waals surface area contributed by atoms with Crippen molar-refractivity contribution in [2.24, 2.45) is 5.41 Å². The summed E-state index contributed by atoms with van der Waals surface area (Å²) in [4.78, 5) is 33.5. The quantitative estimate of drug-likeness (QED) is 0.211. The third kappa shape index (κ3) is 5.37. The molecular formula is C43H48N4O5S. The van der Waals surface area contributed by atoms with Gasteiger partial charge >= 0.3 is 0 Å². The van der Waals surface area contributed by atoms with Gasteiger partial charge in [-0.2, -0.15) is 0 Å². The lowest BCUT2D eigenvalue weighted by atomic mass is 9.81. The first kappa shape index (κ1) is 33.4. The molecule has 4 atom stereocenters. The summed E-state index contributed by atoms with van der Waals surface area (Å²) in [5, 5.41) is 0.598. The van der Waals surface area contributed by atoms with Crippen molar-refractivity contribution in [2.45, 2.75) is 106 Å². The van der Waals surface area contributed by atoms with E-state index in [9.17, 15) is 13.2 Å². The van der Waals surface area contributed by atoms with Crippen molar-refractivity contribution in [3.63, 3.8) is 0 Å². The number of benzene rings is 3. The number of piperazine rings is 1. The van der Waals surface area contributed by atoms with Crippen LogP contribution in [0.3, 0.4) is 0 Å². The van der Waals surface area contributed by atoms with Crippen molar-refractivity contribution in [1.29, 1.82) is 0 Å². The number of hydrogen-bond donors (Lipinski definition) is 1. The second-order valence-corrected chi connectivity index (χ2v) is 18.7. The number of aromatic nitrogens is 1. The van der Waals surface area contributed by atoms with Gasteiger partial charge in [0.25, 0.3) is 5.91 Å². The van der Waals surface area contributed by atoms with Crippen molar-refractivity contribution in [2.75, 3.05) is 20.2 Å². The number of sulfonamides is 1. The first-order valence-corrected chi connectivity index (χ1v) is 21.3. The van der Waals surface area contributed by atoms with Crippen LogP contribution in [0.1, 0.15) is 103 Å². The van der Waals surface area contributed by atoms with E-state index in [0.29, 0.717) is 30.9 Å². The molecule has 6 fully saturated rings. The predicted octanol–water partition coefficient (Wildman–Crippen LogP) is 6.95. The Morgan fingerprint density at radius 3 is 2.40 bits per heavy atom. The van der Waals surface area contributed by atoms with Gasteiger partial charge < -0.3 is 14.2 Å². The lowest BCUT2D eigenvalue weighted by molar-refractivity contribution is -0.161. The molecule has 3 saturated heterocycles. The maximum Gasteiger partial charge on any atom is 0.264 e. The molecule has 10 heteroatoms. The third-order valence-electron chi connectivity index (χ3n) is 13.7. The molecule has 3 aromatic carbocycles. The highest BCUT2D eigenvalue weighted by Crippen LogP contribution is 2.67. The lowest BCUT2D eigenvalue weighted by Gasteiger charge is -2.57. The van der Waals surface area contributed by atoms with Crippen LogP contribution in [0.4, 0.5) is 0 Å². The van der Waals surface area contributed by atoms with E-state index < -0.39 is 26.6 Å². The van der Waals surface area contributed by atoms with E-state index in [1.54, 1.807) is 13.2 Å². The first-order valence-electron chi connectivity index (χ1n) is 19.7. The largest absolute Gasteiger partial charge is 0.497 e. The van der Waals surface area contributed by atoms with Crippen molar-refractivity contribution in [1.82, 2.24) is 19.1 Å². The number of rotatable bonds is 8. The molecule has 9 nitrogen and oxygen atoms in total. The number of carbonyl (C=O) groups excluding carboxylic acids is 2. The van der Waals surface area contributed by atoms with Gasteiger partial charge in [-0.15, -0.1) is 0 Å². The van der Waals surface area contributed by atoms with Crippen molar-refractivity contribution in [3.05, 3.63) is 89.0 Å². The zero-order valence-electron chi connectivity index (χ0n) is 30.4. The molecule has 2 bridgehead atoms. The van der Waals surface area contributed by atoms with Gasteiger partial charge in [-0.3, -0.25) is 14.5 Å². The minimum Gasteiger partial charge on any atom is -0.497 e. The summed E-state index contributed by atoms with van der Waals surface area (Å²) in [6, 6.07) is 23.1. The Morgan fingerprint density at radius 1 is 0.906 bits per heavy atom. The number of nitrogens with zero attached hydrogens (tertiary/aromatic N) is 3. The van der Waals surface area contributed by atoms with E-state index in [1.807, 2.05) is 18.2 Å². The van der Waals surface area contributed by atoms with Crippen LogP contribution in [0.5, 0.6) is 5.75 Å². The average molecular weight is 733 g/mol. The lowest BCUT2D eigenvalue weighted by Crippen LogP contribution is -2.71. The summed E-state index contributed by atoms with van der Waals surface area (Å²) >= 11 is 0. The zero-order valence-corrected chi connectivity index (χ0v) is 31.2. The van der Waals surface area contributed by atoms with Crippen LogP contribution in [-0.2, 0) is 27.9 Å². The van der Waals surface area contributed by atoms with Gasteiger partial charge in [0.15, 0.2) is 0 Å². The van der Waals surface area contributed by atoms with E-state index in [-0.39, 0.29) is 23.9 Å². The van der Waals surface area contributed by atoms with Crippen LogP contribution in [-0.4, -0.2) is 72.1 Å². The Labute approximate surface area is 311 Å². The SMILES string of the molecule is COc1ccc2c(c1)C1CC1(C(=O)N1C3CC1CN(Cc1ccccc1)C3)Cn1c-2c(C2CCCCC2)c2ccc(C(=O)NS(=O)(=O)C3CCC3)cc21. The predicted molar refractivity (Wildman–Crippen MR) is 204 cm³/mol. The summed E-state index contributed by atoms with van der Waals surface area (Å²) in [7, 11) is -2.03. The monoisotopic (exact) mass is 732 g/mol. The highest BCUT2D eigenvalue weighted by molar-refractivity contribution is 7.90. The summed E-state index contributed by atoms with van der Waals surface area (Å²) in [6.45, 7) is 3.20. The fourth-order valence-electron chi connectivity index (χ4n) is 10.6. The molecule has 4 unspecified atom stereocenters. The fourth-order valence-corrected chi connectivity index (χ4v) is 12.1. The van der Waals surface area contributed by atoms with Crippen LogP contribution < -0.4 is 9.46 Å². The molecule has 1 N–H and O–H groups in total. The molecule has 3 saturated carbocycles. The molecule has 3 aliphatic carbocycles. The Bertz CT molecular complexity index is 2230. The number of hydrogen-bond acceptors (Lipinski definition) is 6. The average Bonchev–Trinajstić information content (AvgIpc) is 3.81. The van der Waals surface area contributed by atoms with E-state index in [2.05, 4.69) is 61.6 Å². The number of piperidine rings is 1. The Morgan fingerprint density at radius 2 is 1.68 bits per heavy atom. The molecular weight excluding hydrogens is 685 g/mol. The number of ether oxygens (including phenoxy) is 1. The van der Waals surface area contributed by atoms with Gasteiger partial charge in [0.1, 0.15) is 5.75 Å². The van der Waals surface area contributed by atoms with Gasteiger partial charge in [-0.1, -0.05) is 62.1 Å². The van der Waals surface area contributed by atoms with Gasteiger partial charge in [0.2, 0.25) is 15.9 Å². The summed E-state index contributed by atoms with van der Waals surface area (Å²) in [6.07, 6.45) is 9.65. The fraction of sp³-hybridized carbons (Fsp3) is 0.488.